The smallest absolute Gasteiger partial charge is 0.337 e. The van der Waals surface area contributed by atoms with Crippen molar-refractivity contribution in [3.63, 3.8) is 0 Å². The lowest BCUT2D eigenvalue weighted by molar-refractivity contribution is 0.0695. The first-order valence-corrected chi connectivity index (χ1v) is 5.95. The van der Waals surface area contributed by atoms with E-state index >= 15 is 0 Å². The van der Waals surface area contributed by atoms with Crippen molar-refractivity contribution in [1.82, 2.24) is 9.97 Å². The van der Waals surface area contributed by atoms with Crippen LogP contribution in [0.15, 0.2) is 29.3 Å². The topological polar surface area (TPSA) is 83.0 Å². The molecule has 0 aliphatic rings. The van der Waals surface area contributed by atoms with E-state index in [1.165, 1.54) is 0 Å². The van der Waals surface area contributed by atoms with E-state index in [9.17, 15) is 9.59 Å². The number of H-pyrrole nitrogens is 1. The van der Waals surface area contributed by atoms with Gasteiger partial charge in [-0.2, -0.15) is 0 Å². The lowest BCUT2D eigenvalue weighted by Crippen LogP contribution is -2.11. The maximum absolute atomic E-state index is 11.5. The number of aromatic amines is 1. The van der Waals surface area contributed by atoms with Crippen molar-refractivity contribution in [3.8, 4) is 11.1 Å². The summed E-state index contributed by atoms with van der Waals surface area (Å²) in [4.78, 5) is 29.3. The molecule has 0 fully saturated rings. The van der Waals surface area contributed by atoms with Crippen molar-refractivity contribution >= 4 is 5.97 Å². The highest BCUT2D eigenvalue weighted by atomic mass is 16.4. The van der Waals surface area contributed by atoms with Crippen LogP contribution < -0.4 is 5.56 Å². The summed E-state index contributed by atoms with van der Waals surface area (Å²) >= 11 is 0. The summed E-state index contributed by atoms with van der Waals surface area (Å²) in [6, 6.07) is 3.33. The Kier molecular flexibility index (Phi) is 3.46. The van der Waals surface area contributed by atoms with Crippen LogP contribution in [-0.4, -0.2) is 21.0 Å². The van der Waals surface area contributed by atoms with Crippen molar-refractivity contribution in [1.29, 1.82) is 0 Å². The Labute approximate surface area is 110 Å². The molecule has 0 aromatic carbocycles. The van der Waals surface area contributed by atoms with Crippen LogP contribution >= 0.6 is 0 Å². The van der Waals surface area contributed by atoms with E-state index in [-0.39, 0.29) is 11.1 Å². The zero-order valence-corrected chi connectivity index (χ0v) is 10.7. The van der Waals surface area contributed by atoms with E-state index in [0.29, 0.717) is 23.2 Å². The average Bonchev–Trinajstić information content (AvgIpc) is 2.39. The van der Waals surface area contributed by atoms with Gasteiger partial charge in [0.05, 0.1) is 11.3 Å². The SMILES string of the molecule is CCc1cc(-c2cnc(C)c(C(=O)O)c2)c[nH]c1=O. The Bertz CT molecular complexity index is 689. The molecular formula is C14H14N2O3. The lowest BCUT2D eigenvalue weighted by atomic mass is 10.0. The summed E-state index contributed by atoms with van der Waals surface area (Å²) in [5, 5.41) is 9.08. The largest absolute Gasteiger partial charge is 0.478 e. The number of rotatable bonds is 3. The predicted octanol–water partition coefficient (Wildman–Crippen LogP) is 2.01. The molecule has 0 bridgehead atoms. The van der Waals surface area contributed by atoms with Crippen molar-refractivity contribution in [2.24, 2.45) is 0 Å². The van der Waals surface area contributed by atoms with Crippen LogP contribution in [0.4, 0.5) is 0 Å². The summed E-state index contributed by atoms with van der Waals surface area (Å²) < 4.78 is 0. The summed E-state index contributed by atoms with van der Waals surface area (Å²) in [5.41, 5.74) is 2.61. The molecule has 0 aliphatic carbocycles. The van der Waals surface area contributed by atoms with Gasteiger partial charge >= 0.3 is 5.97 Å². The Morgan fingerprint density at radius 1 is 1.37 bits per heavy atom. The molecule has 0 amide bonds. The Hall–Kier alpha value is -2.43. The van der Waals surface area contributed by atoms with E-state index in [4.69, 9.17) is 5.11 Å². The van der Waals surface area contributed by atoms with Crippen LogP contribution in [0.5, 0.6) is 0 Å². The third-order valence-corrected chi connectivity index (χ3v) is 3.01. The van der Waals surface area contributed by atoms with Crippen molar-refractivity contribution < 1.29 is 9.90 Å². The van der Waals surface area contributed by atoms with Gasteiger partial charge in [0.25, 0.3) is 5.56 Å². The van der Waals surface area contributed by atoms with Crippen LogP contribution in [0.25, 0.3) is 11.1 Å². The number of carbonyl (C=O) groups is 1. The number of pyridine rings is 2. The second-order valence-corrected chi connectivity index (χ2v) is 4.26. The number of carboxylic acid groups (broad SMARTS) is 1. The van der Waals surface area contributed by atoms with Gasteiger partial charge in [-0.3, -0.25) is 9.78 Å². The van der Waals surface area contributed by atoms with Crippen molar-refractivity contribution in [3.05, 3.63) is 51.7 Å². The molecule has 5 heteroatoms. The lowest BCUT2D eigenvalue weighted by Gasteiger charge is -2.06. The molecule has 98 valence electrons. The minimum absolute atomic E-state index is 0.121. The number of aromatic carboxylic acids is 1. The van der Waals surface area contributed by atoms with Gasteiger partial charge in [0.2, 0.25) is 0 Å². The molecule has 2 aromatic rings. The third kappa shape index (κ3) is 2.54. The zero-order chi connectivity index (χ0) is 14.0. The maximum atomic E-state index is 11.5. The quantitative estimate of drug-likeness (QED) is 0.882. The van der Waals surface area contributed by atoms with Gasteiger partial charge < -0.3 is 10.1 Å². The normalized spacial score (nSPS) is 10.4. The fraction of sp³-hybridized carbons (Fsp3) is 0.214. The number of nitrogens with one attached hydrogen (secondary N) is 1. The summed E-state index contributed by atoms with van der Waals surface area (Å²) in [6.07, 6.45) is 3.79. The second kappa shape index (κ2) is 5.06. The number of nitrogens with zero attached hydrogens (tertiary/aromatic N) is 1. The number of carboxylic acids is 1. The van der Waals surface area contributed by atoms with E-state index in [1.807, 2.05) is 6.92 Å². The van der Waals surface area contributed by atoms with Crippen molar-refractivity contribution in [2.45, 2.75) is 20.3 Å². The molecule has 2 heterocycles. The number of aromatic nitrogens is 2. The van der Waals surface area contributed by atoms with Crippen LogP contribution in [0.2, 0.25) is 0 Å². The Balaban J connectivity index is 2.56. The van der Waals surface area contributed by atoms with Gasteiger partial charge in [-0.15, -0.1) is 0 Å². The van der Waals surface area contributed by atoms with Gasteiger partial charge in [-0.25, -0.2) is 4.79 Å². The van der Waals surface area contributed by atoms with Crippen LogP contribution in [-0.2, 0) is 6.42 Å². The molecule has 0 spiro atoms. The molecule has 19 heavy (non-hydrogen) atoms. The Morgan fingerprint density at radius 2 is 2.11 bits per heavy atom. The Morgan fingerprint density at radius 3 is 2.74 bits per heavy atom. The van der Waals surface area contributed by atoms with Gasteiger partial charge in [0.1, 0.15) is 0 Å². The fourth-order valence-corrected chi connectivity index (χ4v) is 1.87. The number of hydrogen-bond donors (Lipinski definition) is 2. The molecule has 2 rings (SSSR count). The first-order chi connectivity index (χ1) is 9.02. The van der Waals surface area contributed by atoms with E-state index in [0.717, 1.165) is 5.56 Å². The van der Waals surface area contributed by atoms with Crippen LogP contribution in [0.3, 0.4) is 0 Å². The summed E-state index contributed by atoms with van der Waals surface area (Å²) in [5.74, 6) is -1.01. The monoisotopic (exact) mass is 258 g/mol. The number of aryl methyl sites for hydroxylation is 2. The molecule has 0 radical (unpaired) electrons. The molecule has 0 saturated heterocycles. The molecule has 5 nitrogen and oxygen atoms in total. The maximum Gasteiger partial charge on any atom is 0.337 e. The predicted molar refractivity (Wildman–Crippen MR) is 71.4 cm³/mol. The van der Waals surface area contributed by atoms with Crippen LogP contribution in [0, 0.1) is 6.92 Å². The van der Waals surface area contributed by atoms with Gasteiger partial charge in [0.15, 0.2) is 0 Å². The van der Waals surface area contributed by atoms with E-state index in [2.05, 4.69) is 9.97 Å². The minimum Gasteiger partial charge on any atom is -0.478 e. The first kappa shape index (κ1) is 13.0. The molecule has 2 aromatic heterocycles. The highest BCUT2D eigenvalue weighted by Crippen LogP contribution is 2.20. The summed E-state index contributed by atoms with van der Waals surface area (Å²) in [7, 11) is 0. The van der Waals surface area contributed by atoms with Crippen molar-refractivity contribution in [2.75, 3.05) is 0 Å². The highest BCUT2D eigenvalue weighted by Gasteiger charge is 2.11. The van der Waals surface area contributed by atoms with Crippen LogP contribution in [0.1, 0.15) is 28.5 Å². The molecule has 0 aliphatic heterocycles. The average molecular weight is 258 g/mol. The van der Waals surface area contributed by atoms with E-state index < -0.39 is 5.97 Å². The first-order valence-electron chi connectivity index (χ1n) is 5.95. The number of hydrogen-bond acceptors (Lipinski definition) is 3. The molecule has 0 unspecified atom stereocenters. The molecular weight excluding hydrogens is 244 g/mol. The minimum atomic E-state index is -1.01. The molecule has 2 N–H and O–H groups in total. The third-order valence-electron chi connectivity index (χ3n) is 3.01. The van der Waals surface area contributed by atoms with Gasteiger partial charge in [-0.1, -0.05) is 6.92 Å². The second-order valence-electron chi connectivity index (χ2n) is 4.26. The standard InChI is InChI=1S/C14H14N2O3/c1-3-9-4-10(7-16-13(9)17)11-5-12(14(18)19)8(2)15-6-11/h4-7H,3H2,1-2H3,(H,16,17)(H,18,19). The molecule has 0 saturated carbocycles. The zero-order valence-electron chi connectivity index (χ0n) is 10.7. The van der Waals surface area contributed by atoms with Gasteiger partial charge in [-0.05, 0) is 31.0 Å². The van der Waals surface area contributed by atoms with Gasteiger partial charge in [0, 0.05) is 23.5 Å². The fourth-order valence-electron chi connectivity index (χ4n) is 1.87. The molecule has 0 atom stereocenters. The van der Waals surface area contributed by atoms with E-state index in [1.54, 1.807) is 31.5 Å². The summed E-state index contributed by atoms with van der Waals surface area (Å²) in [6.45, 7) is 3.54. The highest BCUT2D eigenvalue weighted by molar-refractivity contribution is 5.90.